The molecule has 0 amide bonds. The van der Waals surface area contributed by atoms with Gasteiger partial charge in [0.2, 0.25) is 0 Å². The van der Waals surface area contributed by atoms with E-state index < -0.39 is 0 Å². The molecule has 1 saturated carbocycles. The first-order valence-electron chi connectivity index (χ1n) is 9.53. The lowest BCUT2D eigenvalue weighted by Crippen LogP contribution is -2.22. The highest BCUT2D eigenvalue weighted by molar-refractivity contribution is 5.11. The van der Waals surface area contributed by atoms with Gasteiger partial charge < -0.3 is 4.42 Å². The zero-order valence-electron chi connectivity index (χ0n) is 15.1. The lowest BCUT2D eigenvalue weighted by molar-refractivity contribution is 0.226. The van der Waals surface area contributed by atoms with E-state index >= 15 is 0 Å². The summed E-state index contributed by atoms with van der Waals surface area (Å²) in [5, 5.41) is 4.65. The van der Waals surface area contributed by atoms with Gasteiger partial charge in [-0.1, -0.05) is 25.3 Å². The Morgan fingerprint density at radius 3 is 2.65 bits per heavy atom. The lowest BCUT2D eigenvalue weighted by atomic mass is 9.96. The Hall–Kier alpha value is -2.40. The van der Waals surface area contributed by atoms with Crippen LogP contribution in [0.4, 0.5) is 0 Å². The van der Waals surface area contributed by atoms with Crippen molar-refractivity contribution in [2.24, 2.45) is 0 Å². The molecule has 3 heterocycles. The van der Waals surface area contributed by atoms with Crippen LogP contribution in [0.2, 0.25) is 0 Å². The van der Waals surface area contributed by atoms with Crippen LogP contribution in [0.3, 0.4) is 0 Å². The highest BCUT2D eigenvalue weighted by Crippen LogP contribution is 2.27. The topological polar surface area (TPSA) is 47.1 Å². The van der Waals surface area contributed by atoms with E-state index in [-0.39, 0.29) is 0 Å². The Balaban J connectivity index is 1.46. The van der Waals surface area contributed by atoms with Crippen molar-refractivity contribution in [3.8, 4) is 0 Å². The van der Waals surface area contributed by atoms with Gasteiger partial charge in [-0.3, -0.25) is 14.6 Å². The minimum absolute atomic E-state index is 0.578. The van der Waals surface area contributed by atoms with Crippen LogP contribution in [0.5, 0.6) is 0 Å². The van der Waals surface area contributed by atoms with Crippen molar-refractivity contribution in [2.45, 2.75) is 57.8 Å². The highest BCUT2D eigenvalue weighted by Gasteiger charge is 2.17. The number of hydrogen-bond acceptors (Lipinski definition) is 4. The van der Waals surface area contributed by atoms with Gasteiger partial charge in [0.1, 0.15) is 5.76 Å². The molecule has 1 aliphatic carbocycles. The van der Waals surface area contributed by atoms with Gasteiger partial charge in [-0.15, -0.1) is 0 Å². The van der Waals surface area contributed by atoms with Gasteiger partial charge in [-0.2, -0.15) is 5.10 Å². The second-order valence-electron chi connectivity index (χ2n) is 7.21. The van der Waals surface area contributed by atoms with Crippen LogP contribution in [0, 0.1) is 0 Å². The molecule has 0 aliphatic heterocycles. The molecule has 5 heteroatoms. The SMILES string of the molecule is c1cncc(CN(Cc2cnn(C3CCCCC3)c2)Cc2ccco2)c1. The van der Waals surface area contributed by atoms with E-state index in [1.807, 2.05) is 36.8 Å². The summed E-state index contributed by atoms with van der Waals surface area (Å²) in [5.41, 5.74) is 2.46. The van der Waals surface area contributed by atoms with E-state index in [2.05, 4.69) is 31.9 Å². The van der Waals surface area contributed by atoms with Gasteiger partial charge in [0.25, 0.3) is 0 Å². The maximum Gasteiger partial charge on any atom is 0.117 e. The third-order valence-electron chi connectivity index (χ3n) is 5.10. The summed E-state index contributed by atoms with van der Waals surface area (Å²) in [6.07, 6.45) is 16.3. The molecule has 0 bridgehead atoms. The Labute approximate surface area is 154 Å². The van der Waals surface area contributed by atoms with Gasteiger partial charge in [-0.25, -0.2) is 0 Å². The molecule has 4 rings (SSSR count). The van der Waals surface area contributed by atoms with Crippen LogP contribution in [0.25, 0.3) is 0 Å². The van der Waals surface area contributed by atoms with Crippen molar-refractivity contribution in [2.75, 3.05) is 0 Å². The minimum atomic E-state index is 0.578. The third-order valence-corrected chi connectivity index (χ3v) is 5.10. The van der Waals surface area contributed by atoms with Crippen molar-refractivity contribution in [3.63, 3.8) is 0 Å². The van der Waals surface area contributed by atoms with Crippen molar-refractivity contribution < 1.29 is 4.42 Å². The summed E-state index contributed by atoms with van der Waals surface area (Å²) in [6.45, 7) is 2.46. The average molecular weight is 350 g/mol. The first kappa shape index (κ1) is 17.0. The van der Waals surface area contributed by atoms with E-state index in [0.29, 0.717) is 6.04 Å². The van der Waals surface area contributed by atoms with Crippen molar-refractivity contribution in [1.82, 2.24) is 19.7 Å². The van der Waals surface area contributed by atoms with Gasteiger partial charge in [0.05, 0.1) is 25.0 Å². The zero-order chi connectivity index (χ0) is 17.6. The summed E-state index contributed by atoms with van der Waals surface area (Å²) in [7, 11) is 0. The summed E-state index contributed by atoms with van der Waals surface area (Å²) < 4.78 is 7.75. The van der Waals surface area contributed by atoms with E-state index in [0.717, 1.165) is 25.4 Å². The molecule has 5 nitrogen and oxygen atoms in total. The number of nitrogens with zero attached hydrogens (tertiary/aromatic N) is 4. The fourth-order valence-corrected chi connectivity index (χ4v) is 3.80. The maximum atomic E-state index is 5.56. The van der Waals surface area contributed by atoms with E-state index in [1.54, 1.807) is 6.26 Å². The second kappa shape index (κ2) is 8.32. The number of furan rings is 1. The molecule has 0 saturated heterocycles. The highest BCUT2D eigenvalue weighted by atomic mass is 16.3. The molecule has 26 heavy (non-hydrogen) atoms. The third kappa shape index (κ3) is 4.41. The second-order valence-corrected chi connectivity index (χ2v) is 7.21. The number of pyridine rings is 1. The first-order chi connectivity index (χ1) is 12.9. The van der Waals surface area contributed by atoms with E-state index in [9.17, 15) is 0 Å². The van der Waals surface area contributed by atoms with E-state index in [1.165, 1.54) is 43.2 Å². The van der Waals surface area contributed by atoms with Crippen LogP contribution >= 0.6 is 0 Å². The summed E-state index contributed by atoms with van der Waals surface area (Å²) in [4.78, 5) is 6.61. The monoisotopic (exact) mass is 350 g/mol. The summed E-state index contributed by atoms with van der Waals surface area (Å²) >= 11 is 0. The standard InChI is InChI=1S/C21H26N4O/c1-2-7-20(8-3-1)25-16-19(13-23-25)15-24(17-21-9-5-11-26-21)14-18-6-4-10-22-12-18/h4-6,9-13,16,20H,1-3,7-8,14-15,17H2. The molecule has 0 atom stereocenters. The van der Waals surface area contributed by atoms with Gasteiger partial charge >= 0.3 is 0 Å². The molecule has 0 aromatic carbocycles. The normalized spacial score (nSPS) is 15.6. The quantitative estimate of drug-likeness (QED) is 0.626. The van der Waals surface area contributed by atoms with Crippen molar-refractivity contribution >= 4 is 0 Å². The molecule has 0 N–H and O–H groups in total. The first-order valence-corrected chi connectivity index (χ1v) is 9.53. The van der Waals surface area contributed by atoms with Crippen molar-refractivity contribution in [3.05, 3.63) is 72.2 Å². The molecular weight excluding hydrogens is 324 g/mol. The molecule has 0 unspecified atom stereocenters. The number of aromatic nitrogens is 3. The fourth-order valence-electron chi connectivity index (χ4n) is 3.80. The van der Waals surface area contributed by atoms with Gasteiger partial charge in [0.15, 0.2) is 0 Å². The summed E-state index contributed by atoms with van der Waals surface area (Å²) in [6, 6.07) is 8.66. The molecule has 3 aromatic rings. The molecule has 1 aliphatic rings. The van der Waals surface area contributed by atoms with Crippen LogP contribution < -0.4 is 0 Å². The maximum absolute atomic E-state index is 5.56. The van der Waals surface area contributed by atoms with Crippen molar-refractivity contribution in [1.29, 1.82) is 0 Å². The lowest BCUT2D eigenvalue weighted by Gasteiger charge is -2.22. The predicted molar refractivity (Wildman–Crippen MR) is 100 cm³/mol. The number of rotatable bonds is 7. The van der Waals surface area contributed by atoms with Crippen LogP contribution in [-0.4, -0.2) is 19.7 Å². The fraction of sp³-hybridized carbons (Fsp3) is 0.429. The molecule has 0 spiro atoms. The predicted octanol–water partition coefficient (Wildman–Crippen LogP) is 4.58. The molecule has 136 valence electrons. The minimum Gasteiger partial charge on any atom is -0.468 e. The molecule has 0 radical (unpaired) electrons. The zero-order valence-corrected chi connectivity index (χ0v) is 15.1. The average Bonchev–Trinajstić information content (AvgIpc) is 3.35. The Morgan fingerprint density at radius 2 is 1.88 bits per heavy atom. The van der Waals surface area contributed by atoms with Crippen LogP contribution in [0.1, 0.15) is 55.0 Å². The Morgan fingerprint density at radius 1 is 1.00 bits per heavy atom. The van der Waals surface area contributed by atoms with Gasteiger partial charge in [-0.05, 0) is 36.6 Å². The summed E-state index contributed by atoms with van der Waals surface area (Å²) in [5.74, 6) is 0.980. The number of hydrogen-bond donors (Lipinski definition) is 0. The molecule has 1 fully saturated rings. The smallest absolute Gasteiger partial charge is 0.117 e. The van der Waals surface area contributed by atoms with E-state index in [4.69, 9.17) is 4.42 Å². The van der Waals surface area contributed by atoms with Crippen LogP contribution in [0.15, 0.2) is 59.7 Å². The molecule has 3 aromatic heterocycles. The molecular formula is C21H26N4O. The van der Waals surface area contributed by atoms with Crippen LogP contribution in [-0.2, 0) is 19.6 Å². The Bertz CT molecular complexity index is 775. The largest absolute Gasteiger partial charge is 0.468 e. The Kier molecular flexibility index (Phi) is 5.45. The van der Waals surface area contributed by atoms with Gasteiger partial charge in [0, 0.05) is 37.2 Å².